The number of hydrogen-bond donors (Lipinski definition) is 1. The molecule has 0 radical (unpaired) electrons. The molecule has 2 heterocycles. The minimum atomic E-state index is -0.0371. The number of aromatic nitrogens is 2. The molecule has 0 unspecified atom stereocenters. The van der Waals surface area contributed by atoms with E-state index in [1.807, 2.05) is 30.3 Å². The van der Waals surface area contributed by atoms with Crippen LogP contribution in [0.2, 0.25) is 0 Å². The highest BCUT2D eigenvalue weighted by atomic mass is 32.1. The first-order chi connectivity index (χ1) is 11.5. The highest BCUT2D eigenvalue weighted by molar-refractivity contribution is 7.18. The Bertz CT molecular complexity index is 878. The van der Waals surface area contributed by atoms with Crippen LogP contribution in [0.15, 0.2) is 53.5 Å². The van der Waals surface area contributed by atoms with Gasteiger partial charge in [-0.1, -0.05) is 43.4 Å². The van der Waals surface area contributed by atoms with Crippen LogP contribution in [0.5, 0.6) is 0 Å². The van der Waals surface area contributed by atoms with E-state index in [4.69, 9.17) is 5.73 Å². The Hall–Kier alpha value is -2.40. The first kappa shape index (κ1) is 16.5. The Balaban J connectivity index is 1.91. The first-order valence-electron chi connectivity index (χ1n) is 8.08. The van der Waals surface area contributed by atoms with Crippen LogP contribution in [0, 0.1) is 5.92 Å². The summed E-state index contributed by atoms with van der Waals surface area (Å²) in [7, 11) is 0. The lowest BCUT2D eigenvalue weighted by atomic mass is 10.0. The maximum absolute atomic E-state index is 11.9. The van der Waals surface area contributed by atoms with Crippen molar-refractivity contribution in [2.75, 3.05) is 5.73 Å². The van der Waals surface area contributed by atoms with E-state index >= 15 is 0 Å². The fraction of sp³-hybridized carbons (Fsp3) is 0.263. The summed E-state index contributed by atoms with van der Waals surface area (Å²) < 4.78 is 1.63. The molecule has 4 nitrogen and oxygen atoms in total. The highest BCUT2D eigenvalue weighted by Crippen LogP contribution is 2.33. The third-order valence-corrected chi connectivity index (χ3v) is 4.88. The minimum Gasteiger partial charge on any atom is -0.375 e. The zero-order valence-corrected chi connectivity index (χ0v) is 14.7. The Morgan fingerprint density at radius 2 is 1.92 bits per heavy atom. The molecule has 0 atom stereocenters. The van der Waals surface area contributed by atoms with Gasteiger partial charge < -0.3 is 5.73 Å². The van der Waals surface area contributed by atoms with Crippen LogP contribution >= 0.6 is 11.3 Å². The molecule has 0 saturated heterocycles. The number of rotatable bonds is 5. The molecule has 3 rings (SSSR count). The topological polar surface area (TPSA) is 60.9 Å². The monoisotopic (exact) mass is 339 g/mol. The average molecular weight is 339 g/mol. The summed E-state index contributed by atoms with van der Waals surface area (Å²) in [5.41, 5.74) is 8.90. The zero-order chi connectivity index (χ0) is 17.1. The number of nitrogens with zero attached hydrogens (tertiary/aromatic N) is 2. The van der Waals surface area contributed by atoms with Gasteiger partial charge in [-0.15, -0.1) is 0 Å². The molecule has 0 aliphatic carbocycles. The number of hydrogen-bond acceptors (Lipinski definition) is 4. The maximum atomic E-state index is 11.9. The quantitative estimate of drug-likeness (QED) is 0.760. The lowest BCUT2D eigenvalue weighted by Gasteiger charge is -2.07. The van der Waals surface area contributed by atoms with E-state index in [1.54, 1.807) is 22.9 Å². The molecule has 3 aromatic rings. The molecule has 2 aromatic heterocycles. The van der Waals surface area contributed by atoms with Crippen LogP contribution < -0.4 is 11.3 Å². The van der Waals surface area contributed by atoms with E-state index in [2.05, 4.69) is 18.8 Å². The van der Waals surface area contributed by atoms with Gasteiger partial charge in [0.15, 0.2) is 5.13 Å². The van der Waals surface area contributed by atoms with Crippen molar-refractivity contribution in [3.05, 3.63) is 64.7 Å². The molecule has 0 amide bonds. The predicted octanol–water partition coefficient (Wildman–Crippen LogP) is 4.13. The summed E-state index contributed by atoms with van der Waals surface area (Å²) in [5.74, 6) is 0.633. The second-order valence-electron chi connectivity index (χ2n) is 6.22. The fourth-order valence-corrected chi connectivity index (χ4v) is 3.49. The molecule has 1 aromatic carbocycles. The lowest BCUT2D eigenvalue weighted by molar-refractivity contribution is 0.583. The van der Waals surface area contributed by atoms with Crippen LogP contribution in [0.3, 0.4) is 0 Å². The Morgan fingerprint density at radius 1 is 1.17 bits per heavy atom. The molecular formula is C19H21N3OS. The first-order valence-corrected chi connectivity index (χ1v) is 8.90. The van der Waals surface area contributed by atoms with Crippen LogP contribution in [-0.4, -0.2) is 9.55 Å². The van der Waals surface area contributed by atoms with Gasteiger partial charge in [0.05, 0.1) is 10.6 Å². The number of benzene rings is 1. The standard InChI is InChI=1S/C19H21N3OS/c1-13(2)6-11-16-18(24-19(20)21-16)14-7-9-15(10-8-14)22-12-4-3-5-17(22)23/h3-5,7-10,12-13H,6,11H2,1-2H3,(H2,20,21). The van der Waals surface area contributed by atoms with Crippen molar-refractivity contribution in [1.82, 2.24) is 9.55 Å². The molecule has 0 spiro atoms. The zero-order valence-electron chi connectivity index (χ0n) is 13.9. The Morgan fingerprint density at radius 3 is 2.58 bits per heavy atom. The highest BCUT2D eigenvalue weighted by Gasteiger charge is 2.12. The SMILES string of the molecule is CC(C)CCc1nc(N)sc1-c1ccc(-n2ccccc2=O)cc1. The Labute approximate surface area is 145 Å². The van der Waals surface area contributed by atoms with Crippen molar-refractivity contribution in [3.63, 3.8) is 0 Å². The van der Waals surface area contributed by atoms with Gasteiger partial charge in [0.2, 0.25) is 0 Å². The van der Waals surface area contributed by atoms with Gasteiger partial charge in [0.1, 0.15) is 0 Å². The van der Waals surface area contributed by atoms with Gasteiger partial charge >= 0.3 is 0 Å². The molecule has 0 aliphatic rings. The molecule has 0 fully saturated rings. The summed E-state index contributed by atoms with van der Waals surface area (Å²) in [6, 6.07) is 13.1. The number of anilines is 1. The van der Waals surface area contributed by atoms with E-state index in [1.165, 1.54) is 11.3 Å². The van der Waals surface area contributed by atoms with Gasteiger partial charge in [-0.05, 0) is 42.5 Å². The summed E-state index contributed by atoms with van der Waals surface area (Å²) in [5, 5.41) is 0.604. The number of thiazole rings is 1. The van der Waals surface area contributed by atoms with E-state index in [0.29, 0.717) is 11.0 Å². The second kappa shape index (κ2) is 7.01. The van der Waals surface area contributed by atoms with E-state index in [0.717, 1.165) is 34.7 Å². The maximum Gasteiger partial charge on any atom is 0.255 e. The molecule has 0 saturated carbocycles. The van der Waals surface area contributed by atoms with Crippen molar-refractivity contribution < 1.29 is 0 Å². The normalized spacial score (nSPS) is 11.1. The van der Waals surface area contributed by atoms with Crippen LogP contribution in [0.1, 0.15) is 26.0 Å². The molecule has 124 valence electrons. The number of nitrogens with two attached hydrogens (primary N) is 1. The van der Waals surface area contributed by atoms with Gasteiger partial charge in [-0.25, -0.2) is 4.98 Å². The summed E-state index contributed by atoms with van der Waals surface area (Å²) in [6.45, 7) is 4.42. The van der Waals surface area contributed by atoms with E-state index in [-0.39, 0.29) is 5.56 Å². The van der Waals surface area contributed by atoms with Crippen LogP contribution in [0.4, 0.5) is 5.13 Å². The largest absolute Gasteiger partial charge is 0.375 e. The number of aryl methyl sites for hydroxylation is 1. The van der Waals surface area contributed by atoms with Crippen molar-refractivity contribution in [2.45, 2.75) is 26.7 Å². The lowest BCUT2D eigenvalue weighted by Crippen LogP contribution is -2.15. The van der Waals surface area contributed by atoms with Crippen molar-refractivity contribution in [1.29, 1.82) is 0 Å². The molecule has 5 heteroatoms. The van der Waals surface area contributed by atoms with Crippen molar-refractivity contribution in [2.24, 2.45) is 5.92 Å². The molecule has 0 bridgehead atoms. The fourth-order valence-electron chi connectivity index (χ4n) is 2.60. The minimum absolute atomic E-state index is 0.0371. The average Bonchev–Trinajstić information content (AvgIpc) is 2.94. The molecule has 0 aliphatic heterocycles. The summed E-state index contributed by atoms with van der Waals surface area (Å²) in [4.78, 5) is 17.5. The van der Waals surface area contributed by atoms with Gasteiger partial charge in [-0.3, -0.25) is 9.36 Å². The molecular weight excluding hydrogens is 318 g/mol. The number of pyridine rings is 1. The van der Waals surface area contributed by atoms with Crippen molar-refractivity contribution >= 4 is 16.5 Å². The van der Waals surface area contributed by atoms with E-state index in [9.17, 15) is 4.79 Å². The van der Waals surface area contributed by atoms with Gasteiger partial charge in [0.25, 0.3) is 5.56 Å². The Kier molecular flexibility index (Phi) is 4.81. The smallest absolute Gasteiger partial charge is 0.255 e. The van der Waals surface area contributed by atoms with Crippen LogP contribution in [-0.2, 0) is 6.42 Å². The third-order valence-electron chi connectivity index (χ3n) is 3.90. The molecule has 2 N–H and O–H groups in total. The van der Waals surface area contributed by atoms with Crippen molar-refractivity contribution in [3.8, 4) is 16.1 Å². The number of nitrogen functional groups attached to an aromatic ring is 1. The van der Waals surface area contributed by atoms with Crippen LogP contribution in [0.25, 0.3) is 16.1 Å². The molecule has 24 heavy (non-hydrogen) atoms. The van der Waals surface area contributed by atoms with Gasteiger partial charge in [0, 0.05) is 18.0 Å². The predicted molar refractivity (Wildman–Crippen MR) is 101 cm³/mol. The summed E-state index contributed by atoms with van der Waals surface area (Å²) >= 11 is 1.52. The van der Waals surface area contributed by atoms with Gasteiger partial charge in [-0.2, -0.15) is 0 Å². The van der Waals surface area contributed by atoms with E-state index < -0.39 is 0 Å². The second-order valence-corrected chi connectivity index (χ2v) is 7.25. The third kappa shape index (κ3) is 3.57. The summed E-state index contributed by atoms with van der Waals surface area (Å²) in [6.07, 6.45) is 3.80.